The fraction of sp³-hybridized carbons (Fsp3) is 0.500. The Kier molecular flexibility index (Phi) is 5.51. The summed E-state index contributed by atoms with van der Waals surface area (Å²) >= 11 is 1.61. The van der Waals surface area contributed by atoms with E-state index in [2.05, 4.69) is 18.3 Å². The number of amides is 2. The highest BCUT2D eigenvalue weighted by Gasteiger charge is 2.23. The lowest BCUT2D eigenvalue weighted by atomic mass is 10.2. The molecule has 0 aliphatic carbocycles. The second-order valence-corrected chi connectivity index (χ2v) is 6.67. The van der Waals surface area contributed by atoms with Crippen LogP contribution >= 0.6 is 11.8 Å². The third-order valence-corrected chi connectivity index (χ3v) is 4.88. The monoisotopic (exact) mass is 303 g/mol. The summed E-state index contributed by atoms with van der Waals surface area (Å²) in [6.45, 7) is 5.72. The summed E-state index contributed by atoms with van der Waals surface area (Å²) in [5, 5.41) is 11.9. The summed E-state index contributed by atoms with van der Waals surface area (Å²) in [5.74, 6) is 1.31. The third-order valence-electron chi connectivity index (χ3n) is 3.55. The summed E-state index contributed by atoms with van der Waals surface area (Å²) < 4.78 is 0. The fourth-order valence-corrected chi connectivity index (χ4v) is 3.22. The van der Waals surface area contributed by atoms with Crippen LogP contribution in [0, 0.1) is 23.2 Å². The standard InChI is InChI=1S/C16H21N3OS/c1-12-7-8-19(10-12)16(20)18-14-5-3-4-6-15(14)21-11-13(2)9-17/h3-6,12-13H,7-8,10-11H2,1-2H3,(H,18,20). The number of rotatable bonds is 4. The van der Waals surface area contributed by atoms with Gasteiger partial charge in [-0.05, 0) is 31.4 Å². The van der Waals surface area contributed by atoms with Gasteiger partial charge in [-0.3, -0.25) is 0 Å². The van der Waals surface area contributed by atoms with E-state index in [1.54, 1.807) is 11.8 Å². The summed E-state index contributed by atoms with van der Waals surface area (Å²) in [7, 11) is 0. The largest absolute Gasteiger partial charge is 0.324 e. The van der Waals surface area contributed by atoms with Gasteiger partial charge in [0.15, 0.2) is 0 Å². The molecule has 4 nitrogen and oxygen atoms in total. The second-order valence-electron chi connectivity index (χ2n) is 5.61. The van der Waals surface area contributed by atoms with Crippen molar-refractivity contribution in [3.05, 3.63) is 24.3 Å². The number of anilines is 1. The Bertz CT molecular complexity index is 541. The number of nitriles is 1. The van der Waals surface area contributed by atoms with Crippen molar-refractivity contribution in [3.8, 4) is 6.07 Å². The van der Waals surface area contributed by atoms with Gasteiger partial charge < -0.3 is 10.2 Å². The average molecular weight is 303 g/mol. The zero-order valence-corrected chi connectivity index (χ0v) is 13.3. The lowest BCUT2D eigenvalue weighted by Crippen LogP contribution is -2.32. The van der Waals surface area contributed by atoms with Crippen LogP contribution < -0.4 is 5.32 Å². The highest BCUT2D eigenvalue weighted by molar-refractivity contribution is 7.99. The van der Waals surface area contributed by atoms with Crippen molar-refractivity contribution in [1.29, 1.82) is 5.26 Å². The molecule has 0 aromatic heterocycles. The molecule has 1 aliphatic heterocycles. The van der Waals surface area contributed by atoms with Crippen molar-refractivity contribution < 1.29 is 4.79 Å². The Morgan fingerprint density at radius 2 is 2.33 bits per heavy atom. The molecule has 0 spiro atoms. The van der Waals surface area contributed by atoms with Gasteiger partial charge in [-0.2, -0.15) is 5.26 Å². The summed E-state index contributed by atoms with van der Waals surface area (Å²) in [6.07, 6.45) is 1.07. The predicted molar refractivity (Wildman–Crippen MR) is 86.3 cm³/mol. The molecular formula is C16H21N3OS. The second kappa shape index (κ2) is 7.37. The number of benzene rings is 1. The molecule has 0 radical (unpaired) electrons. The highest BCUT2D eigenvalue weighted by Crippen LogP contribution is 2.29. The fourth-order valence-electron chi connectivity index (χ4n) is 2.26. The predicted octanol–water partition coefficient (Wildman–Crippen LogP) is 3.81. The minimum atomic E-state index is -0.0271. The zero-order valence-electron chi connectivity index (χ0n) is 12.5. The molecule has 0 saturated carbocycles. The molecule has 112 valence electrons. The van der Waals surface area contributed by atoms with Crippen LogP contribution in [-0.2, 0) is 0 Å². The number of urea groups is 1. The number of carbonyl (C=O) groups is 1. The van der Waals surface area contributed by atoms with Gasteiger partial charge in [0.2, 0.25) is 0 Å². The molecule has 1 aromatic rings. The van der Waals surface area contributed by atoms with Gasteiger partial charge in [0.1, 0.15) is 0 Å². The maximum Gasteiger partial charge on any atom is 0.321 e. The molecule has 1 fully saturated rings. The molecule has 1 saturated heterocycles. The molecule has 1 aromatic carbocycles. The van der Waals surface area contributed by atoms with Crippen LogP contribution in [0.4, 0.5) is 10.5 Å². The van der Waals surface area contributed by atoms with Crippen LogP contribution in [0.2, 0.25) is 0 Å². The van der Waals surface area contributed by atoms with Crippen molar-refractivity contribution >= 4 is 23.5 Å². The van der Waals surface area contributed by atoms with E-state index in [1.165, 1.54) is 0 Å². The first-order valence-corrected chi connectivity index (χ1v) is 8.26. The van der Waals surface area contributed by atoms with Crippen molar-refractivity contribution in [3.63, 3.8) is 0 Å². The van der Waals surface area contributed by atoms with E-state index >= 15 is 0 Å². The first kappa shape index (κ1) is 15.7. The molecule has 1 N–H and O–H groups in total. The molecular weight excluding hydrogens is 282 g/mol. The van der Waals surface area contributed by atoms with E-state index in [9.17, 15) is 4.79 Å². The van der Waals surface area contributed by atoms with Gasteiger partial charge in [0, 0.05) is 23.7 Å². The van der Waals surface area contributed by atoms with Crippen molar-refractivity contribution in [2.24, 2.45) is 11.8 Å². The molecule has 2 rings (SSSR count). The summed E-state index contributed by atoms with van der Waals surface area (Å²) in [5.41, 5.74) is 0.831. The SMILES string of the molecule is CC(C#N)CSc1ccccc1NC(=O)N1CCC(C)C1. The molecule has 2 unspecified atom stereocenters. The number of hydrogen-bond acceptors (Lipinski definition) is 3. The molecule has 1 aliphatic rings. The van der Waals surface area contributed by atoms with Gasteiger partial charge >= 0.3 is 6.03 Å². The van der Waals surface area contributed by atoms with Crippen molar-refractivity contribution in [2.45, 2.75) is 25.2 Å². The molecule has 5 heteroatoms. The molecule has 21 heavy (non-hydrogen) atoms. The normalized spacial score (nSPS) is 19.1. The van der Waals surface area contributed by atoms with Gasteiger partial charge in [-0.25, -0.2) is 4.79 Å². The molecule has 2 amide bonds. The Hall–Kier alpha value is -1.67. The number of thioether (sulfide) groups is 1. The van der Waals surface area contributed by atoms with E-state index in [-0.39, 0.29) is 11.9 Å². The van der Waals surface area contributed by atoms with Crippen LogP contribution in [0.5, 0.6) is 0 Å². The maximum atomic E-state index is 12.3. The highest BCUT2D eigenvalue weighted by atomic mass is 32.2. The van der Waals surface area contributed by atoms with Crippen LogP contribution in [0.15, 0.2) is 29.2 Å². The molecule has 2 atom stereocenters. The van der Waals surface area contributed by atoms with E-state index in [4.69, 9.17) is 5.26 Å². The van der Waals surface area contributed by atoms with Gasteiger partial charge in [0.05, 0.1) is 17.7 Å². The van der Waals surface area contributed by atoms with Crippen molar-refractivity contribution in [2.75, 3.05) is 24.2 Å². The Morgan fingerprint density at radius 1 is 1.57 bits per heavy atom. The van der Waals surface area contributed by atoms with Crippen LogP contribution in [0.1, 0.15) is 20.3 Å². The number of para-hydroxylation sites is 1. The topological polar surface area (TPSA) is 56.1 Å². The molecule has 0 bridgehead atoms. The first-order chi connectivity index (χ1) is 10.1. The number of likely N-dealkylation sites (tertiary alicyclic amines) is 1. The first-order valence-electron chi connectivity index (χ1n) is 7.27. The van der Waals surface area contributed by atoms with E-state index in [0.29, 0.717) is 5.92 Å². The quantitative estimate of drug-likeness (QED) is 0.860. The maximum absolute atomic E-state index is 12.3. The smallest absolute Gasteiger partial charge is 0.321 e. The van der Waals surface area contributed by atoms with E-state index < -0.39 is 0 Å². The van der Waals surface area contributed by atoms with Crippen LogP contribution in [-0.4, -0.2) is 29.8 Å². The minimum absolute atomic E-state index is 0.00168. The van der Waals surface area contributed by atoms with Gasteiger partial charge in [0.25, 0.3) is 0 Å². The molecule has 1 heterocycles. The van der Waals surface area contributed by atoms with Gasteiger partial charge in [-0.1, -0.05) is 19.1 Å². The number of carbonyl (C=O) groups excluding carboxylic acids is 1. The van der Waals surface area contributed by atoms with Crippen LogP contribution in [0.25, 0.3) is 0 Å². The summed E-state index contributed by atoms with van der Waals surface area (Å²) in [4.78, 5) is 15.1. The third kappa shape index (κ3) is 4.40. The van der Waals surface area contributed by atoms with Gasteiger partial charge in [-0.15, -0.1) is 11.8 Å². The minimum Gasteiger partial charge on any atom is -0.324 e. The van der Waals surface area contributed by atoms with E-state index in [0.717, 1.165) is 35.8 Å². The van der Waals surface area contributed by atoms with E-state index in [1.807, 2.05) is 36.1 Å². The Balaban J connectivity index is 1.99. The average Bonchev–Trinajstić information content (AvgIpc) is 2.92. The number of hydrogen-bond donors (Lipinski definition) is 1. The summed E-state index contributed by atoms with van der Waals surface area (Å²) in [6, 6.07) is 9.97. The van der Waals surface area contributed by atoms with Crippen molar-refractivity contribution in [1.82, 2.24) is 4.90 Å². The Morgan fingerprint density at radius 3 is 3.00 bits per heavy atom. The lowest BCUT2D eigenvalue weighted by molar-refractivity contribution is 0.221. The Labute approximate surface area is 130 Å². The zero-order chi connectivity index (χ0) is 15.2. The van der Waals surface area contributed by atoms with Crippen LogP contribution in [0.3, 0.4) is 0 Å². The number of nitrogens with one attached hydrogen (secondary N) is 1. The number of nitrogens with zero attached hydrogens (tertiary/aromatic N) is 2. The lowest BCUT2D eigenvalue weighted by Gasteiger charge is -2.18.